The van der Waals surface area contributed by atoms with Crippen LogP contribution in [0.3, 0.4) is 0 Å². The molecule has 0 aliphatic heterocycles. The monoisotopic (exact) mass is 246 g/mol. The lowest BCUT2D eigenvalue weighted by Gasteiger charge is -2.14. The third-order valence-corrected chi connectivity index (χ3v) is 2.48. The predicted molar refractivity (Wildman–Crippen MR) is 75.1 cm³/mol. The van der Waals surface area contributed by atoms with Crippen molar-refractivity contribution in [3.05, 3.63) is 47.0 Å². The fourth-order valence-corrected chi connectivity index (χ4v) is 1.72. The molecule has 3 heteroatoms. The number of carbonyl (C=O) groups excluding carboxylic acids is 1. The van der Waals surface area contributed by atoms with Gasteiger partial charge in [0.25, 0.3) is 0 Å². The van der Waals surface area contributed by atoms with Crippen LogP contribution in [-0.2, 0) is 17.9 Å². The van der Waals surface area contributed by atoms with Gasteiger partial charge in [-0.15, -0.1) is 0 Å². The maximum absolute atomic E-state index is 11.6. The Morgan fingerprint density at radius 2 is 1.83 bits per heavy atom. The van der Waals surface area contributed by atoms with Gasteiger partial charge in [-0.2, -0.15) is 0 Å². The second kappa shape index (κ2) is 6.97. The van der Waals surface area contributed by atoms with Crippen molar-refractivity contribution in [2.24, 2.45) is 0 Å². The second-order valence-electron chi connectivity index (χ2n) is 4.95. The number of hydrogen-bond acceptors (Lipinski definition) is 2. The van der Waals surface area contributed by atoms with Crippen LogP contribution in [0.5, 0.6) is 0 Å². The van der Waals surface area contributed by atoms with Crippen molar-refractivity contribution in [2.45, 2.75) is 26.9 Å². The van der Waals surface area contributed by atoms with E-state index in [1.807, 2.05) is 40.1 Å². The summed E-state index contributed by atoms with van der Waals surface area (Å²) in [5.41, 5.74) is 3.43. The summed E-state index contributed by atoms with van der Waals surface area (Å²) in [6.07, 6.45) is 1.62. The van der Waals surface area contributed by atoms with Crippen LogP contribution in [0.4, 0.5) is 0 Å². The van der Waals surface area contributed by atoms with Gasteiger partial charge < -0.3 is 10.2 Å². The van der Waals surface area contributed by atoms with E-state index in [2.05, 4.69) is 22.3 Å². The summed E-state index contributed by atoms with van der Waals surface area (Å²) in [5.74, 6) is -0.0327. The predicted octanol–water partition coefficient (Wildman–Crippen LogP) is 2.33. The van der Waals surface area contributed by atoms with Crippen LogP contribution >= 0.6 is 0 Å². The number of hydrogen-bond donors (Lipinski definition) is 1. The Morgan fingerprint density at radius 1 is 1.22 bits per heavy atom. The maximum Gasteiger partial charge on any atom is 0.244 e. The highest BCUT2D eigenvalue weighted by Gasteiger charge is 2.04. The molecule has 18 heavy (non-hydrogen) atoms. The van der Waals surface area contributed by atoms with E-state index in [9.17, 15) is 4.79 Å². The number of amides is 1. The van der Waals surface area contributed by atoms with Crippen molar-refractivity contribution in [3.63, 3.8) is 0 Å². The number of rotatable bonds is 5. The first-order chi connectivity index (χ1) is 8.49. The molecule has 1 aromatic carbocycles. The second-order valence-corrected chi connectivity index (χ2v) is 4.95. The van der Waals surface area contributed by atoms with Gasteiger partial charge in [0.15, 0.2) is 0 Å². The van der Waals surface area contributed by atoms with E-state index in [4.69, 9.17) is 0 Å². The summed E-state index contributed by atoms with van der Waals surface area (Å²) >= 11 is 0. The molecule has 1 aromatic rings. The molecule has 0 aromatic heterocycles. The molecule has 1 amide bonds. The molecule has 0 aliphatic carbocycles. The summed E-state index contributed by atoms with van der Waals surface area (Å²) < 4.78 is 0. The smallest absolute Gasteiger partial charge is 0.244 e. The first kappa shape index (κ1) is 14.5. The normalized spacial score (nSPS) is 10.3. The highest BCUT2D eigenvalue weighted by atomic mass is 16.1. The molecule has 0 atom stereocenters. The number of benzene rings is 1. The van der Waals surface area contributed by atoms with Crippen LogP contribution in [0.2, 0.25) is 0 Å². The average molecular weight is 246 g/mol. The van der Waals surface area contributed by atoms with Crippen molar-refractivity contribution in [3.8, 4) is 0 Å². The minimum absolute atomic E-state index is 0.0327. The molecule has 1 N–H and O–H groups in total. The largest absolute Gasteiger partial charge is 0.348 e. The fourth-order valence-electron chi connectivity index (χ4n) is 1.72. The quantitative estimate of drug-likeness (QED) is 0.809. The van der Waals surface area contributed by atoms with Gasteiger partial charge in [-0.25, -0.2) is 0 Å². The molecule has 3 nitrogen and oxygen atoms in total. The van der Waals surface area contributed by atoms with Gasteiger partial charge in [-0.1, -0.05) is 29.8 Å². The first-order valence-corrected chi connectivity index (χ1v) is 6.13. The number of nitrogens with one attached hydrogen (secondary N) is 1. The number of nitrogens with zero attached hydrogens (tertiary/aromatic N) is 1. The van der Waals surface area contributed by atoms with Gasteiger partial charge in [-0.3, -0.25) is 4.79 Å². The van der Waals surface area contributed by atoms with Crippen molar-refractivity contribution in [2.75, 3.05) is 14.1 Å². The van der Waals surface area contributed by atoms with Gasteiger partial charge in [0.2, 0.25) is 5.91 Å². The molecule has 0 heterocycles. The van der Waals surface area contributed by atoms with Crippen LogP contribution in [0, 0.1) is 0 Å². The molecular weight excluding hydrogens is 224 g/mol. The van der Waals surface area contributed by atoms with E-state index in [1.165, 1.54) is 11.1 Å². The maximum atomic E-state index is 11.6. The van der Waals surface area contributed by atoms with Crippen LogP contribution < -0.4 is 5.32 Å². The van der Waals surface area contributed by atoms with Crippen LogP contribution in [0.1, 0.15) is 25.0 Å². The lowest BCUT2D eigenvalue weighted by atomic mass is 10.1. The molecule has 98 valence electrons. The Bertz CT molecular complexity index is 432. The zero-order chi connectivity index (χ0) is 13.5. The summed E-state index contributed by atoms with van der Waals surface area (Å²) in [6, 6.07) is 8.19. The minimum Gasteiger partial charge on any atom is -0.348 e. The highest BCUT2D eigenvalue weighted by Crippen LogP contribution is 2.10. The lowest BCUT2D eigenvalue weighted by Crippen LogP contribution is -2.22. The number of allylic oxidation sites excluding steroid dienone is 1. The third kappa shape index (κ3) is 5.15. The Hall–Kier alpha value is -1.61. The van der Waals surface area contributed by atoms with E-state index in [0.717, 1.165) is 12.1 Å². The molecule has 0 radical (unpaired) electrons. The Labute approximate surface area is 109 Å². The lowest BCUT2D eigenvalue weighted by molar-refractivity contribution is -0.116. The summed E-state index contributed by atoms with van der Waals surface area (Å²) in [5, 5.41) is 2.91. The zero-order valence-corrected chi connectivity index (χ0v) is 11.7. The fraction of sp³-hybridized carbons (Fsp3) is 0.400. The van der Waals surface area contributed by atoms with Crippen LogP contribution in [0.15, 0.2) is 35.9 Å². The minimum atomic E-state index is -0.0327. The van der Waals surface area contributed by atoms with Crippen molar-refractivity contribution in [1.29, 1.82) is 0 Å². The van der Waals surface area contributed by atoms with Crippen molar-refractivity contribution in [1.82, 2.24) is 10.2 Å². The van der Waals surface area contributed by atoms with Gasteiger partial charge in [-0.05, 0) is 39.1 Å². The Kier molecular flexibility index (Phi) is 5.59. The molecule has 0 fully saturated rings. The number of carbonyl (C=O) groups is 1. The Morgan fingerprint density at radius 3 is 2.39 bits per heavy atom. The van der Waals surface area contributed by atoms with Crippen molar-refractivity contribution >= 4 is 5.91 Å². The standard InChI is InChI=1S/C15H22N2O/c1-12(2)9-15(18)16-10-13-7-5-6-8-14(13)11-17(3)4/h5-9H,10-11H2,1-4H3,(H,16,18). The van der Waals surface area contributed by atoms with Gasteiger partial charge in [0, 0.05) is 19.2 Å². The molecule has 0 aliphatic rings. The molecule has 1 rings (SSSR count). The zero-order valence-electron chi connectivity index (χ0n) is 11.7. The van der Waals surface area contributed by atoms with Crippen LogP contribution in [0.25, 0.3) is 0 Å². The van der Waals surface area contributed by atoms with E-state index in [-0.39, 0.29) is 5.91 Å². The summed E-state index contributed by atoms with van der Waals surface area (Å²) in [4.78, 5) is 13.7. The Balaban J connectivity index is 2.67. The summed E-state index contributed by atoms with van der Waals surface area (Å²) in [6.45, 7) is 5.29. The average Bonchev–Trinajstić information content (AvgIpc) is 2.26. The van der Waals surface area contributed by atoms with E-state index in [0.29, 0.717) is 6.54 Å². The van der Waals surface area contributed by atoms with E-state index >= 15 is 0 Å². The molecule has 0 saturated heterocycles. The SMILES string of the molecule is CC(C)=CC(=O)NCc1ccccc1CN(C)C. The summed E-state index contributed by atoms with van der Waals surface area (Å²) in [7, 11) is 4.08. The van der Waals surface area contributed by atoms with Gasteiger partial charge >= 0.3 is 0 Å². The first-order valence-electron chi connectivity index (χ1n) is 6.13. The third-order valence-electron chi connectivity index (χ3n) is 2.48. The van der Waals surface area contributed by atoms with Crippen LogP contribution in [-0.4, -0.2) is 24.9 Å². The molecule has 0 unspecified atom stereocenters. The topological polar surface area (TPSA) is 32.3 Å². The van der Waals surface area contributed by atoms with Gasteiger partial charge in [0.05, 0.1) is 0 Å². The van der Waals surface area contributed by atoms with E-state index < -0.39 is 0 Å². The molecule has 0 spiro atoms. The van der Waals surface area contributed by atoms with Gasteiger partial charge in [0.1, 0.15) is 0 Å². The van der Waals surface area contributed by atoms with E-state index in [1.54, 1.807) is 6.08 Å². The van der Waals surface area contributed by atoms with Crippen molar-refractivity contribution < 1.29 is 4.79 Å². The highest BCUT2D eigenvalue weighted by molar-refractivity contribution is 5.87. The molecule has 0 bridgehead atoms. The molecular formula is C15H22N2O. The molecule has 0 saturated carbocycles.